The molecule has 11 rings (SSSR count). The van der Waals surface area contributed by atoms with Crippen molar-refractivity contribution in [2.24, 2.45) is 0 Å². The topological polar surface area (TPSA) is 48.0 Å². The standard InChI is InChI=1S/C51H40N5/c1-4-14-34(15-5-1)49-52-50(35-16-6-2-7-17-35)54-51(53-49)36-24-28-40(29-25-36)56-46-23-13-11-21-42(46)44-33-38(27-31-48(44)56)37-26-30-47-43(32-37)41-20-10-12-22-45(41)55(47)39-18-8-3-9-19-39/h1-8,10-18,20-33,49-51,53-54H,9,19H2/q-1. The number of fused-ring (bicyclic) bond motifs is 6. The number of nitrogens with zero attached hydrogens (tertiary/aromatic N) is 3. The molecule has 2 unspecified atom stereocenters. The van der Waals surface area contributed by atoms with Crippen LogP contribution in [-0.2, 0) is 0 Å². The second-order valence-corrected chi connectivity index (χ2v) is 14.9. The quantitative estimate of drug-likeness (QED) is 0.179. The summed E-state index contributed by atoms with van der Waals surface area (Å²) in [4.78, 5) is 0. The lowest BCUT2D eigenvalue weighted by molar-refractivity contribution is 0.316. The molecule has 9 aromatic rings. The van der Waals surface area contributed by atoms with Crippen molar-refractivity contribution in [3.8, 4) is 16.8 Å². The number of benzene rings is 7. The van der Waals surface area contributed by atoms with E-state index in [-0.39, 0.29) is 18.5 Å². The van der Waals surface area contributed by atoms with Crippen LogP contribution in [0.4, 0.5) is 0 Å². The molecule has 0 radical (unpaired) electrons. The molecule has 270 valence electrons. The maximum Gasteiger partial charge on any atom is 0.0814 e. The smallest absolute Gasteiger partial charge is 0.0814 e. The summed E-state index contributed by atoms with van der Waals surface area (Å²) in [6, 6.07) is 61.6. The Morgan fingerprint density at radius 1 is 0.464 bits per heavy atom. The maximum absolute atomic E-state index is 5.17. The molecule has 1 aliphatic carbocycles. The molecule has 2 aliphatic rings. The fourth-order valence-electron chi connectivity index (χ4n) is 8.91. The summed E-state index contributed by atoms with van der Waals surface area (Å²) in [7, 11) is 0. The van der Waals surface area contributed by atoms with E-state index in [0.29, 0.717) is 0 Å². The third-order valence-corrected chi connectivity index (χ3v) is 11.6. The molecule has 0 amide bonds. The molecule has 5 heteroatoms. The number of hydrogen-bond acceptors (Lipinski definition) is 2. The van der Waals surface area contributed by atoms with Gasteiger partial charge in [0.1, 0.15) is 0 Å². The van der Waals surface area contributed by atoms with Gasteiger partial charge in [-0.1, -0.05) is 157 Å². The van der Waals surface area contributed by atoms with Crippen molar-refractivity contribution in [2.75, 3.05) is 0 Å². The summed E-state index contributed by atoms with van der Waals surface area (Å²) >= 11 is 0. The van der Waals surface area contributed by atoms with Crippen LogP contribution in [0.3, 0.4) is 0 Å². The first-order valence-electron chi connectivity index (χ1n) is 19.6. The molecule has 7 aromatic carbocycles. The van der Waals surface area contributed by atoms with Crippen LogP contribution < -0.4 is 10.6 Å². The van der Waals surface area contributed by atoms with E-state index in [1.807, 2.05) is 0 Å². The summed E-state index contributed by atoms with van der Waals surface area (Å²) in [5, 5.41) is 17.8. The highest BCUT2D eigenvalue weighted by Gasteiger charge is 2.23. The van der Waals surface area contributed by atoms with Gasteiger partial charge in [0, 0.05) is 32.9 Å². The van der Waals surface area contributed by atoms with E-state index in [1.54, 1.807) is 0 Å². The Morgan fingerprint density at radius 2 is 0.982 bits per heavy atom. The van der Waals surface area contributed by atoms with Gasteiger partial charge in [-0.25, -0.2) is 0 Å². The van der Waals surface area contributed by atoms with Crippen LogP contribution >= 0.6 is 0 Å². The molecule has 1 saturated heterocycles. The summed E-state index contributed by atoms with van der Waals surface area (Å²) in [6.45, 7) is 0. The van der Waals surface area contributed by atoms with E-state index >= 15 is 0 Å². The number of hydrogen-bond donors (Lipinski definition) is 2. The van der Waals surface area contributed by atoms with E-state index in [0.717, 1.165) is 29.7 Å². The first kappa shape index (κ1) is 32.9. The van der Waals surface area contributed by atoms with Crippen molar-refractivity contribution in [2.45, 2.75) is 31.3 Å². The molecule has 0 saturated carbocycles. The Hall–Kier alpha value is -6.50. The minimum absolute atomic E-state index is 0.0831. The van der Waals surface area contributed by atoms with Gasteiger partial charge in [-0.3, -0.25) is 0 Å². The second kappa shape index (κ2) is 13.7. The van der Waals surface area contributed by atoms with Gasteiger partial charge in [-0.05, 0) is 84.1 Å². The first-order valence-corrected chi connectivity index (χ1v) is 19.6. The van der Waals surface area contributed by atoms with Gasteiger partial charge in [0.15, 0.2) is 0 Å². The van der Waals surface area contributed by atoms with Gasteiger partial charge in [0.2, 0.25) is 0 Å². The van der Waals surface area contributed by atoms with Crippen molar-refractivity contribution >= 4 is 49.3 Å². The predicted octanol–water partition coefficient (Wildman–Crippen LogP) is 12.7. The molecule has 2 aromatic heterocycles. The van der Waals surface area contributed by atoms with Crippen LogP contribution in [-0.4, -0.2) is 9.13 Å². The van der Waals surface area contributed by atoms with Crippen LogP contribution in [0, 0.1) is 0 Å². The number of aromatic nitrogens is 2. The maximum atomic E-state index is 5.17. The van der Waals surface area contributed by atoms with Gasteiger partial charge < -0.3 is 25.1 Å². The van der Waals surface area contributed by atoms with Gasteiger partial charge in [0.05, 0.1) is 28.2 Å². The van der Waals surface area contributed by atoms with E-state index in [9.17, 15) is 0 Å². The van der Waals surface area contributed by atoms with Gasteiger partial charge >= 0.3 is 0 Å². The molecular formula is C51H40N5-. The van der Waals surface area contributed by atoms with Crippen molar-refractivity contribution in [1.82, 2.24) is 19.8 Å². The Kier molecular flexibility index (Phi) is 8.02. The minimum atomic E-state index is -0.134. The molecule has 0 bridgehead atoms. The van der Waals surface area contributed by atoms with Crippen molar-refractivity contribution in [3.05, 3.63) is 210 Å². The average molecular weight is 723 g/mol. The fraction of sp³-hybridized carbons (Fsp3) is 0.0980. The number of allylic oxidation sites excluding steroid dienone is 4. The zero-order chi connectivity index (χ0) is 37.0. The Bertz CT molecular complexity index is 2900. The zero-order valence-corrected chi connectivity index (χ0v) is 30.9. The van der Waals surface area contributed by atoms with Crippen LogP contribution in [0.5, 0.6) is 0 Å². The lowest BCUT2D eigenvalue weighted by atomic mass is 10.0. The molecule has 56 heavy (non-hydrogen) atoms. The van der Waals surface area contributed by atoms with Crippen LogP contribution in [0.25, 0.3) is 71.4 Å². The van der Waals surface area contributed by atoms with Crippen molar-refractivity contribution in [3.63, 3.8) is 0 Å². The molecule has 0 spiro atoms. The lowest BCUT2D eigenvalue weighted by Crippen LogP contribution is -2.44. The molecule has 2 atom stereocenters. The zero-order valence-electron chi connectivity index (χ0n) is 30.9. The highest BCUT2D eigenvalue weighted by atomic mass is 15.4. The summed E-state index contributed by atoms with van der Waals surface area (Å²) in [5.74, 6) is 0. The van der Waals surface area contributed by atoms with E-state index in [4.69, 9.17) is 5.32 Å². The number of para-hydroxylation sites is 2. The average Bonchev–Trinajstić information content (AvgIpc) is 3.79. The normalized spacial score (nSPS) is 18.6. The molecule has 2 N–H and O–H groups in total. The SMILES string of the molecule is C1=CCCC(n2c3ccccc3c3cc(-c4ccc5c(c4)c4ccccc4n5-c4ccc(C5NC(c6ccccc6)[N-]C(c6ccccc6)N5)cc4)ccc32)=C1. The van der Waals surface area contributed by atoms with E-state index in [2.05, 4.69) is 208 Å². The molecule has 1 aliphatic heterocycles. The molecular weight excluding hydrogens is 683 g/mol. The predicted molar refractivity (Wildman–Crippen MR) is 233 cm³/mol. The molecule has 5 nitrogen and oxygen atoms in total. The Morgan fingerprint density at radius 3 is 1.55 bits per heavy atom. The monoisotopic (exact) mass is 722 g/mol. The Labute approximate surface area is 326 Å². The number of nitrogens with one attached hydrogen (secondary N) is 2. The van der Waals surface area contributed by atoms with Gasteiger partial charge in [-0.15, -0.1) is 0 Å². The summed E-state index contributed by atoms with van der Waals surface area (Å²) in [5.41, 5.74) is 13.3. The molecule has 3 heterocycles. The third kappa shape index (κ3) is 5.59. The first-order chi connectivity index (χ1) is 27.8. The van der Waals surface area contributed by atoms with Crippen molar-refractivity contribution < 1.29 is 0 Å². The van der Waals surface area contributed by atoms with E-state index < -0.39 is 0 Å². The van der Waals surface area contributed by atoms with Crippen LogP contribution in [0.2, 0.25) is 0 Å². The van der Waals surface area contributed by atoms with Gasteiger partial charge in [0.25, 0.3) is 0 Å². The summed E-state index contributed by atoms with van der Waals surface area (Å²) in [6.07, 6.45) is 8.48. The Balaban J connectivity index is 0.963. The van der Waals surface area contributed by atoms with Crippen molar-refractivity contribution in [1.29, 1.82) is 0 Å². The van der Waals surface area contributed by atoms with Gasteiger partial charge in [-0.2, -0.15) is 0 Å². The second-order valence-electron chi connectivity index (χ2n) is 14.9. The van der Waals surface area contributed by atoms with Crippen LogP contribution in [0.15, 0.2) is 188 Å². The highest BCUT2D eigenvalue weighted by molar-refractivity contribution is 6.13. The lowest BCUT2D eigenvalue weighted by Gasteiger charge is -2.50. The fourth-order valence-corrected chi connectivity index (χ4v) is 8.91. The molecule has 1 fully saturated rings. The van der Waals surface area contributed by atoms with Crippen LogP contribution in [0.1, 0.15) is 48.0 Å². The highest BCUT2D eigenvalue weighted by Crippen LogP contribution is 2.40. The summed E-state index contributed by atoms with van der Waals surface area (Å²) < 4.78 is 4.86. The van der Waals surface area contributed by atoms with E-state index in [1.165, 1.54) is 66.0 Å². The minimum Gasteiger partial charge on any atom is -0.624 e. The third-order valence-electron chi connectivity index (χ3n) is 11.6. The number of rotatable bonds is 6. The largest absolute Gasteiger partial charge is 0.624 e.